The summed E-state index contributed by atoms with van der Waals surface area (Å²) in [6.45, 7) is 8.34. The highest BCUT2D eigenvalue weighted by atomic mass is 16.6. The lowest BCUT2D eigenvalue weighted by molar-refractivity contribution is -0.148. The van der Waals surface area contributed by atoms with Crippen LogP contribution in [0.1, 0.15) is 47.5 Å². The molecule has 23 heavy (non-hydrogen) atoms. The van der Waals surface area contributed by atoms with Crippen LogP contribution in [0.2, 0.25) is 0 Å². The summed E-state index contributed by atoms with van der Waals surface area (Å²) in [7, 11) is 1.16. The minimum atomic E-state index is -1.20. The summed E-state index contributed by atoms with van der Waals surface area (Å²) in [4.78, 5) is 35.6. The Hall–Kier alpha value is -1.83. The molecule has 1 unspecified atom stereocenters. The van der Waals surface area contributed by atoms with Gasteiger partial charge in [-0.3, -0.25) is 4.79 Å². The third-order valence-electron chi connectivity index (χ3n) is 2.82. The second-order valence-electron chi connectivity index (χ2n) is 6.24. The monoisotopic (exact) mass is 332 g/mol. The van der Waals surface area contributed by atoms with Crippen molar-refractivity contribution in [2.45, 2.75) is 71.2 Å². The van der Waals surface area contributed by atoms with Crippen LogP contribution in [-0.2, 0) is 19.1 Å². The largest absolute Gasteiger partial charge is 0.467 e. The van der Waals surface area contributed by atoms with Crippen LogP contribution in [0.25, 0.3) is 0 Å². The Bertz CT molecular complexity index is 417. The van der Waals surface area contributed by atoms with Gasteiger partial charge in [0.25, 0.3) is 0 Å². The number of hydrogen-bond acceptors (Lipinski definition) is 6. The number of carbonyl (C=O) groups is 3. The van der Waals surface area contributed by atoms with Crippen molar-refractivity contribution in [2.24, 2.45) is 0 Å². The molecule has 0 heterocycles. The van der Waals surface area contributed by atoms with Crippen LogP contribution < -0.4 is 10.6 Å². The summed E-state index contributed by atoms with van der Waals surface area (Å²) in [5.74, 6) is -1.35. The average Bonchev–Trinajstić information content (AvgIpc) is 2.40. The standard InChI is InChI=1S/C15H28N2O6/c1-7-8-10(16-14(21)23-15(3,4)5)12(19)17-11(9(2)18)13(20)22-6/h9-11,18H,7-8H2,1-6H3,(H,16,21)(H,17,19)/t9?,10-,11-/m0/s1. The predicted octanol–water partition coefficient (Wildman–Crippen LogP) is 0.718. The SMILES string of the molecule is CCC[C@H](NC(=O)OC(C)(C)C)C(=O)N[C@H](C(=O)OC)C(C)O. The Balaban J connectivity index is 4.90. The minimum absolute atomic E-state index is 0.360. The van der Waals surface area contributed by atoms with Crippen molar-refractivity contribution in [1.82, 2.24) is 10.6 Å². The van der Waals surface area contributed by atoms with Gasteiger partial charge in [-0.2, -0.15) is 0 Å². The molecule has 134 valence electrons. The van der Waals surface area contributed by atoms with Crippen LogP contribution in [0.5, 0.6) is 0 Å². The van der Waals surface area contributed by atoms with Crippen molar-refractivity contribution in [3.8, 4) is 0 Å². The predicted molar refractivity (Wildman–Crippen MR) is 83.7 cm³/mol. The van der Waals surface area contributed by atoms with Gasteiger partial charge in [-0.05, 0) is 34.1 Å². The molecule has 0 aromatic rings. The Morgan fingerprint density at radius 3 is 2.13 bits per heavy atom. The van der Waals surface area contributed by atoms with Crippen molar-refractivity contribution in [1.29, 1.82) is 0 Å². The number of methoxy groups -OCH3 is 1. The molecule has 0 saturated carbocycles. The van der Waals surface area contributed by atoms with Crippen LogP contribution in [0.3, 0.4) is 0 Å². The van der Waals surface area contributed by atoms with Gasteiger partial charge in [-0.15, -0.1) is 0 Å². The van der Waals surface area contributed by atoms with E-state index in [4.69, 9.17) is 4.74 Å². The maximum atomic E-state index is 12.3. The van der Waals surface area contributed by atoms with Gasteiger partial charge in [0, 0.05) is 0 Å². The number of hydrogen-bond donors (Lipinski definition) is 3. The number of rotatable bonds is 7. The van der Waals surface area contributed by atoms with Crippen molar-refractivity contribution < 1.29 is 29.0 Å². The molecule has 0 aliphatic rings. The second-order valence-corrected chi connectivity index (χ2v) is 6.24. The molecule has 0 aromatic carbocycles. The normalized spacial score (nSPS) is 15.1. The molecule has 0 radical (unpaired) electrons. The number of esters is 1. The molecule has 3 atom stereocenters. The number of amides is 2. The lowest BCUT2D eigenvalue weighted by Gasteiger charge is -2.25. The van der Waals surface area contributed by atoms with Crippen LogP contribution >= 0.6 is 0 Å². The number of aliphatic hydroxyl groups excluding tert-OH is 1. The number of carbonyl (C=O) groups excluding carboxylic acids is 3. The molecule has 8 nitrogen and oxygen atoms in total. The molecule has 0 aliphatic carbocycles. The van der Waals surface area contributed by atoms with Crippen molar-refractivity contribution in [2.75, 3.05) is 7.11 Å². The van der Waals surface area contributed by atoms with E-state index in [1.54, 1.807) is 20.8 Å². The molecule has 0 saturated heterocycles. The number of nitrogens with one attached hydrogen (secondary N) is 2. The van der Waals surface area contributed by atoms with Gasteiger partial charge in [-0.25, -0.2) is 9.59 Å². The van der Waals surface area contributed by atoms with E-state index < -0.39 is 41.8 Å². The number of alkyl carbamates (subject to hydrolysis) is 1. The highest BCUT2D eigenvalue weighted by Crippen LogP contribution is 2.08. The zero-order chi connectivity index (χ0) is 18.2. The first kappa shape index (κ1) is 21.2. The summed E-state index contributed by atoms with van der Waals surface area (Å²) in [6, 6.07) is -2.08. The van der Waals surface area contributed by atoms with Crippen LogP contribution in [-0.4, -0.2) is 54.0 Å². The molecule has 0 aliphatic heterocycles. The van der Waals surface area contributed by atoms with E-state index in [-0.39, 0.29) is 0 Å². The van der Waals surface area contributed by atoms with Gasteiger partial charge in [0.1, 0.15) is 11.6 Å². The highest BCUT2D eigenvalue weighted by molar-refractivity contribution is 5.89. The zero-order valence-corrected chi connectivity index (χ0v) is 14.6. The van der Waals surface area contributed by atoms with Crippen molar-refractivity contribution >= 4 is 18.0 Å². The third-order valence-corrected chi connectivity index (χ3v) is 2.82. The molecule has 3 N–H and O–H groups in total. The Morgan fingerprint density at radius 1 is 1.17 bits per heavy atom. The minimum Gasteiger partial charge on any atom is -0.467 e. The molecule has 0 bridgehead atoms. The van der Waals surface area contributed by atoms with Crippen LogP contribution in [0.15, 0.2) is 0 Å². The summed E-state index contributed by atoms with van der Waals surface area (Å²) >= 11 is 0. The van der Waals surface area contributed by atoms with Crippen molar-refractivity contribution in [3.63, 3.8) is 0 Å². The zero-order valence-electron chi connectivity index (χ0n) is 14.6. The van der Waals surface area contributed by atoms with Gasteiger partial charge in [0.2, 0.25) is 5.91 Å². The van der Waals surface area contributed by atoms with Gasteiger partial charge in [0.15, 0.2) is 6.04 Å². The average molecular weight is 332 g/mol. The Labute approximate surface area is 136 Å². The molecule has 2 amide bonds. The fourth-order valence-corrected chi connectivity index (χ4v) is 1.76. The van der Waals surface area contributed by atoms with E-state index in [1.807, 2.05) is 6.92 Å². The van der Waals surface area contributed by atoms with E-state index >= 15 is 0 Å². The molecular weight excluding hydrogens is 304 g/mol. The smallest absolute Gasteiger partial charge is 0.408 e. The maximum Gasteiger partial charge on any atom is 0.408 e. The first-order valence-corrected chi connectivity index (χ1v) is 7.57. The van der Waals surface area contributed by atoms with E-state index in [2.05, 4.69) is 15.4 Å². The van der Waals surface area contributed by atoms with Gasteiger partial charge < -0.3 is 25.2 Å². The van der Waals surface area contributed by atoms with E-state index in [0.29, 0.717) is 12.8 Å². The van der Waals surface area contributed by atoms with Crippen molar-refractivity contribution in [3.05, 3.63) is 0 Å². The fourth-order valence-electron chi connectivity index (χ4n) is 1.76. The van der Waals surface area contributed by atoms with E-state index in [1.165, 1.54) is 6.92 Å². The first-order chi connectivity index (χ1) is 10.5. The first-order valence-electron chi connectivity index (χ1n) is 7.57. The molecule has 0 rings (SSSR count). The van der Waals surface area contributed by atoms with E-state index in [9.17, 15) is 19.5 Å². The maximum absolute atomic E-state index is 12.3. The molecular formula is C15H28N2O6. The third kappa shape index (κ3) is 8.39. The molecule has 0 fully saturated rings. The summed E-state index contributed by atoms with van der Waals surface area (Å²) in [5.41, 5.74) is -0.689. The highest BCUT2D eigenvalue weighted by Gasteiger charge is 2.30. The molecule has 0 aromatic heterocycles. The summed E-state index contributed by atoms with van der Waals surface area (Å²) in [5, 5.41) is 14.4. The second kappa shape index (κ2) is 9.34. The quantitative estimate of drug-likeness (QED) is 0.592. The number of aliphatic hydroxyl groups is 1. The lowest BCUT2D eigenvalue weighted by atomic mass is 10.1. The topological polar surface area (TPSA) is 114 Å². The van der Waals surface area contributed by atoms with Crippen LogP contribution in [0.4, 0.5) is 4.79 Å². The molecule has 8 heteroatoms. The summed E-state index contributed by atoms with van der Waals surface area (Å²) < 4.78 is 9.65. The van der Waals surface area contributed by atoms with E-state index in [0.717, 1.165) is 7.11 Å². The molecule has 0 spiro atoms. The number of ether oxygens (including phenoxy) is 2. The van der Waals surface area contributed by atoms with Gasteiger partial charge in [0.05, 0.1) is 13.2 Å². The van der Waals surface area contributed by atoms with Gasteiger partial charge >= 0.3 is 12.1 Å². The summed E-state index contributed by atoms with van der Waals surface area (Å²) in [6.07, 6.45) is -0.863. The Kier molecular flexibility index (Phi) is 8.60. The fraction of sp³-hybridized carbons (Fsp3) is 0.800. The van der Waals surface area contributed by atoms with Crippen LogP contribution in [0, 0.1) is 0 Å². The Morgan fingerprint density at radius 2 is 1.74 bits per heavy atom. The van der Waals surface area contributed by atoms with Gasteiger partial charge in [-0.1, -0.05) is 13.3 Å². The lowest BCUT2D eigenvalue weighted by Crippen LogP contribution is -2.55.